The van der Waals surface area contributed by atoms with Crippen molar-refractivity contribution in [1.29, 1.82) is 0 Å². The van der Waals surface area contributed by atoms with Crippen LogP contribution in [0.15, 0.2) is 24.3 Å². The first-order valence-corrected chi connectivity index (χ1v) is 6.94. The average Bonchev–Trinajstić information content (AvgIpc) is 2.70. The van der Waals surface area contributed by atoms with E-state index in [1.54, 1.807) is 0 Å². The molecule has 19 heavy (non-hydrogen) atoms. The molecule has 2 atom stereocenters. The van der Waals surface area contributed by atoms with Crippen molar-refractivity contribution in [2.24, 2.45) is 0 Å². The highest BCUT2D eigenvalue weighted by atomic mass is 16.4. The van der Waals surface area contributed by atoms with Gasteiger partial charge in [-0.25, -0.2) is 0 Å². The number of carboxylic acids is 1. The van der Waals surface area contributed by atoms with E-state index in [1.165, 1.54) is 11.3 Å². The van der Waals surface area contributed by atoms with Crippen molar-refractivity contribution >= 4 is 11.7 Å². The van der Waals surface area contributed by atoms with Crippen LogP contribution in [0.3, 0.4) is 0 Å². The largest absolute Gasteiger partial charge is 0.480 e. The van der Waals surface area contributed by atoms with Gasteiger partial charge in [0.15, 0.2) is 0 Å². The lowest BCUT2D eigenvalue weighted by Gasteiger charge is -2.28. The number of anilines is 1. The van der Waals surface area contributed by atoms with Gasteiger partial charge < -0.3 is 15.3 Å². The second kappa shape index (κ2) is 6.06. The number of fused-ring (bicyclic) bond motifs is 1. The molecular formula is C15H22N2O2. The first-order valence-electron chi connectivity index (χ1n) is 6.94. The van der Waals surface area contributed by atoms with Crippen molar-refractivity contribution < 1.29 is 9.90 Å². The van der Waals surface area contributed by atoms with Crippen LogP contribution in [0.25, 0.3) is 0 Å². The number of para-hydroxylation sites is 1. The van der Waals surface area contributed by atoms with Gasteiger partial charge in [-0.05, 0) is 37.9 Å². The summed E-state index contributed by atoms with van der Waals surface area (Å²) in [5.74, 6) is -0.773. The quantitative estimate of drug-likeness (QED) is 0.822. The van der Waals surface area contributed by atoms with Crippen molar-refractivity contribution in [3.05, 3.63) is 29.8 Å². The molecule has 104 valence electrons. The molecule has 0 saturated heterocycles. The number of hydrogen-bond acceptors (Lipinski definition) is 3. The zero-order valence-corrected chi connectivity index (χ0v) is 11.6. The van der Waals surface area contributed by atoms with Gasteiger partial charge in [-0.1, -0.05) is 25.1 Å². The van der Waals surface area contributed by atoms with E-state index in [-0.39, 0.29) is 0 Å². The Kier molecular flexibility index (Phi) is 4.43. The van der Waals surface area contributed by atoms with E-state index in [1.807, 2.05) is 19.1 Å². The summed E-state index contributed by atoms with van der Waals surface area (Å²) in [6, 6.07) is 8.12. The first kappa shape index (κ1) is 13.9. The number of nitrogens with one attached hydrogen (secondary N) is 1. The maximum Gasteiger partial charge on any atom is 0.322 e. The fourth-order valence-corrected chi connectivity index (χ4v) is 2.65. The molecule has 1 aromatic carbocycles. The Morgan fingerprint density at radius 2 is 2.26 bits per heavy atom. The predicted octanol–water partition coefficient (Wildman–Crippen LogP) is 1.89. The summed E-state index contributed by atoms with van der Waals surface area (Å²) < 4.78 is 0. The molecule has 2 N–H and O–H groups in total. The molecule has 0 saturated carbocycles. The van der Waals surface area contributed by atoms with Crippen molar-refractivity contribution in [1.82, 2.24) is 5.32 Å². The fraction of sp³-hybridized carbons (Fsp3) is 0.533. The maximum atomic E-state index is 11.3. The third-order valence-corrected chi connectivity index (χ3v) is 3.67. The van der Waals surface area contributed by atoms with Crippen LogP contribution in [0, 0.1) is 0 Å². The van der Waals surface area contributed by atoms with E-state index in [9.17, 15) is 9.90 Å². The Balaban J connectivity index is 2.10. The number of carboxylic acid groups (broad SMARTS) is 1. The standard InChI is InChI=1S/C15H22N2O2/c1-3-8-16-13(15(18)19)10-17-11(2)9-12-6-4-5-7-14(12)17/h4-7,11,13,16H,3,8-10H2,1-2H3,(H,18,19). The van der Waals surface area contributed by atoms with Crippen LogP contribution in [0.4, 0.5) is 5.69 Å². The van der Waals surface area contributed by atoms with Crippen LogP contribution in [-0.4, -0.2) is 36.2 Å². The normalized spacial score (nSPS) is 19.3. The van der Waals surface area contributed by atoms with Crippen LogP contribution < -0.4 is 10.2 Å². The van der Waals surface area contributed by atoms with E-state index in [0.717, 1.165) is 19.4 Å². The smallest absolute Gasteiger partial charge is 0.322 e. The van der Waals surface area contributed by atoms with E-state index in [4.69, 9.17) is 0 Å². The van der Waals surface area contributed by atoms with Gasteiger partial charge in [-0.2, -0.15) is 0 Å². The third-order valence-electron chi connectivity index (χ3n) is 3.67. The summed E-state index contributed by atoms with van der Waals surface area (Å²) >= 11 is 0. The zero-order chi connectivity index (χ0) is 13.8. The molecule has 0 aliphatic carbocycles. The Bertz CT molecular complexity index is 448. The number of aliphatic carboxylic acids is 1. The van der Waals surface area contributed by atoms with Crippen LogP contribution in [0.1, 0.15) is 25.8 Å². The summed E-state index contributed by atoms with van der Waals surface area (Å²) in [4.78, 5) is 13.5. The Hall–Kier alpha value is -1.55. The fourth-order valence-electron chi connectivity index (χ4n) is 2.65. The van der Waals surface area contributed by atoms with Gasteiger partial charge >= 0.3 is 5.97 Å². The summed E-state index contributed by atoms with van der Waals surface area (Å²) in [7, 11) is 0. The molecule has 1 aliphatic rings. The number of benzene rings is 1. The van der Waals surface area contributed by atoms with Crippen LogP contribution >= 0.6 is 0 Å². The summed E-state index contributed by atoms with van der Waals surface area (Å²) in [5, 5.41) is 12.4. The zero-order valence-electron chi connectivity index (χ0n) is 11.6. The van der Waals surface area contributed by atoms with Gasteiger partial charge in [0, 0.05) is 18.3 Å². The molecule has 0 amide bonds. The lowest BCUT2D eigenvalue weighted by Crippen LogP contribution is -2.48. The molecule has 0 aromatic heterocycles. The van der Waals surface area contributed by atoms with E-state index in [2.05, 4.69) is 29.3 Å². The number of nitrogens with zero attached hydrogens (tertiary/aromatic N) is 1. The van der Waals surface area contributed by atoms with Crippen molar-refractivity contribution in [3.63, 3.8) is 0 Å². The van der Waals surface area contributed by atoms with Gasteiger partial charge in [0.2, 0.25) is 0 Å². The average molecular weight is 262 g/mol. The highest BCUT2D eigenvalue weighted by Crippen LogP contribution is 2.31. The molecule has 0 spiro atoms. The minimum Gasteiger partial charge on any atom is -0.480 e. The lowest BCUT2D eigenvalue weighted by molar-refractivity contribution is -0.139. The van der Waals surface area contributed by atoms with Crippen molar-refractivity contribution in [2.75, 3.05) is 18.0 Å². The molecule has 4 nitrogen and oxygen atoms in total. The molecule has 2 rings (SSSR count). The van der Waals surface area contributed by atoms with Gasteiger partial charge in [0.05, 0.1) is 0 Å². The van der Waals surface area contributed by atoms with E-state index in [0.29, 0.717) is 12.6 Å². The Morgan fingerprint density at radius 1 is 1.53 bits per heavy atom. The molecule has 1 aromatic rings. The molecule has 2 unspecified atom stereocenters. The van der Waals surface area contributed by atoms with Crippen molar-refractivity contribution in [3.8, 4) is 0 Å². The number of hydrogen-bond donors (Lipinski definition) is 2. The molecule has 1 aliphatic heterocycles. The highest BCUT2D eigenvalue weighted by Gasteiger charge is 2.29. The topological polar surface area (TPSA) is 52.6 Å². The second-order valence-corrected chi connectivity index (χ2v) is 5.18. The molecule has 0 bridgehead atoms. The van der Waals surface area contributed by atoms with Crippen LogP contribution in [0.2, 0.25) is 0 Å². The van der Waals surface area contributed by atoms with Gasteiger partial charge in [0.25, 0.3) is 0 Å². The maximum absolute atomic E-state index is 11.3. The molecule has 0 radical (unpaired) electrons. The lowest BCUT2D eigenvalue weighted by atomic mass is 10.1. The highest BCUT2D eigenvalue weighted by molar-refractivity contribution is 5.75. The van der Waals surface area contributed by atoms with Crippen molar-refractivity contribution in [2.45, 2.75) is 38.8 Å². The SMILES string of the molecule is CCCNC(CN1c2ccccc2CC1C)C(=O)O. The predicted molar refractivity (Wildman–Crippen MR) is 76.7 cm³/mol. The van der Waals surface area contributed by atoms with Gasteiger partial charge in [-0.3, -0.25) is 4.79 Å². The van der Waals surface area contributed by atoms with E-state index < -0.39 is 12.0 Å². The summed E-state index contributed by atoms with van der Waals surface area (Å²) in [5.41, 5.74) is 2.49. The molecule has 4 heteroatoms. The number of carbonyl (C=O) groups is 1. The third kappa shape index (κ3) is 3.07. The van der Waals surface area contributed by atoms with Crippen LogP contribution in [-0.2, 0) is 11.2 Å². The molecular weight excluding hydrogens is 240 g/mol. The van der Waals surface area contributed by atoms with Crippen LogP contribution in [0.5, 0.6) is 0 Å². The minimum atomic E-state index is -0.773. The molecule has 0 fully saturated rings. The first-order chi connectivity index (χ1) is 9.13. The number of rotatable bonds is 6. The van der Waals surface area contributed by atoms with Gasteiger partial charge in [-0.15, -0.1) is 0 Å². The molecule has 1 heterocycles. The Morgan fingerprint density at radius 3 is 2.95 bits per heavy atom. The van der Waals surface area contributed by atoms with Gasteiger partial charge in [0.1, 0.15) is 6.04 Å². The monoisotopic (exact) mass is 262 g/mol. The van der Waals surface area contributed by atoms with E-state index >= 15 is 0 Å². The minimum absolute atomic E-state index is 0.364. The Labute approximate surface area is 114 Å². The summed E-state index contributed by atoms with van der Waals surface area (Å²) in [6.45, 7) is 5.45. The second-order valence-electron chi connectivity index (χ2n) is 5.18. The summed E-state index contributed by atoms with van der Waals surface area (Å²) in [6.07, 6.45) is 1.94.